The SMILES string of the molecule is Cc1ccc(F)c(Oc2ccc(C(F)(F)F)c(C#N)c2)c1. The van der Waals surface area contributed by atoms with Gasteiger partial charge in [0.25, 0.3) is 0 Å². The molecule has 108 valence electrons. The lowest BCUT2D eigenvalue weighted by Gasteiger charge is -2.11. The van der Waals surface area contributed by atoms with E-state index in [2.05, 4.69) is 0 Å². The van der Waals surface area contributed by atoms with Crippen molar-refractivity contribution in [2.45, 2.75) is 13.1 Å². The highest BCUT2D eigenvalue weighted by Crippen LogP contribution is 2.34. The number of hydrogen-bond donors (Lipinski definition) is 0. The minimum absolute atomic E-state index is 0.0379. The van der Waals surface area contributed by atoms with Gasteiger partial charge in [0.15, 0.2) is 11.6 Å². The first-order valence-corrected chi connectivity index (χ1v) is 5.86. The highest BCUT2D eigenvalue weighted by molar-refractivity contribution is 5.46. The maximum absolute atomic E-state index is 13.5. The van der Waals surface area contributed by atoms with E-state index in [0.29, 0.717) is 0 Å². The van der Waals surface area contributed by atoms with Gasteiger partial charge in [0.05, 0.1) is 17.2 Å². The molecule has 0 N–H and O–H groups in total. The van der Waals surface area contributed by atoms with E-state index in [-0.39, 0.29) is 11.5 Å². The van der Waals surface area contributed by atoms with Crippen molar-refractivity contribution in [2.24, 2.45) is 0 Å². The lowest BCUT2D eigenvalue weighted by Crippen LogP contribution is -2.07. The number of rotatable bonds is 2. The zero-order valence-corrected chi connectivity index (χ0v) is 10.8. The first kappa shape index (κ1) is 14.9. The maximum atomic E-state index is 13.5. The smallest absolute Gasteiger partial charge is 0.417 e. The Labute approximate surface area is 118 Å². The van der Waals surface area contributed by atoms with Gasteiger partial charge < -0.3 is 4.74 Å². The summed E-state index contributed by atoms with van der Waals surface area (Å²) in [6, 6.07) is 8.33. The maximum Gasteiger partial charge on any atom is 0.417 e. The highest BCUT2D eigenvalue weighted by Gasteiger charge is 2.33. The number of benzene rings is 2. The van der Waals surface area contributed by atoms with E-state index in [1.807, 2.05) is 0 Å². The van der Waals surface area contributed by atoms with Crippen LogP contribution in [0.15, 0.2) is 36.4 Å². The molecule has 0 amide bonds. The predicted molar refractivity (Wildman–Crippen MR) is 67.4 cm³/mol. The summed E-state index contributed by atoms with van der Waals surface area (Å²) in [5.74, 6) is -0.790. The van der Waals surface area contributed by atoms with Gasteiger partial charge in [0.1, 0.15) is 5.75 Å². The van der Waals surface area contributed by atoms with E-state index in [1.54, 1.807) is 6.92 Å². The van der Waals surface area contributed by atoms with Gasteiger partial charge in [-0.2, -0.15) is 18.4 Å². The Morgan fingerprint density at radius 1 is 1.10 bits per heavy atom. The van der Waals surface area contributed by atoms with Crippen LogP contribution in [0.25, 0.3) is 0 Å². The normalized spacial score (nSPS) is 11.0. The summed E-state index contributed by atoms with van der Waals surface area (Å²) in [7, 11) is 0. The fraction of sp³-hybridized carbons (Fsp3) is 0.133. The van der Waals surface area contributed by atoms with Gasteiger partial charge in [0.2, 0.25) is 0 Å². The molecule has 0 aliphatic carbocycles. The van der Waals surface area contributed by atoms with E-state index in [0.717, 1.165) is 23.8 Å². The minimum Gasteiger partial charge on any atom is -0.454 e. The summed E-state index contributed by atoms with van der Waals surface area (Å²) in [4.78, 5) is 0. The van der Waals surface area contributed by atoms with Crippen molar-refractivity contribution >= 4 is 0 Å². The topological polar surface area (TPSA) is 33.0 Å². The summed E-state index contributed by atoms with van der Waals surface area (Å²) < 4.78 is 56.7. The van der Waals surface area contributed by atoms with Crippen LogP contribution in [-0.4, -0.2) is 0 Å². The van der Waals surface area contributed by atoms with Crippen LogP contribution in [0.1, 0.15) is 16.7 Å². The molecule has 0 aliphatic heterocycles. The molecule has 0 fully saturated rings. The van der Waals surface area contributed by atoms with Crippen molar-refractivity contribution in [3.8, 4) is 17.6 Å². The Morgan fingerprint density at radius 3 is 2.43 bits per heavy atom. The molecule has 6 heteroatoms. The van der Waals surface area contributed by atoms with Crippen molar-refractivity contribution in [2.75, 3.05) is 0 Å². The molecule has 2 aromatic rings. The van der Waals surface area contributed by atoms with Gasteiger partial charge in [-0.25, -0.2) is 4.39 Å². The lowest BCUT2D eigenvalue weighted by atomic mass is 10.1. The second kappa shape index (κ2) is 5.44. The Kier molecular flexibility index (Phi) is 3.85. The number of alkyl halides is 3. The summed E-state index contributed by atoms with van der Waals surface area (Å²) in [6.07, 6.45) is -4.63. The third-order valence-electron chi connectivity index (χ3n) is 2.73. The quantitative estimate of drug-likeness (QED) is 0.744. The molecule has 0 radical (unpaired) electrons. The average Bonchev–Trinajstić information content (AvgIpc) is 2.41. The van der Waals surface area contributed by atoms with E-state index in [4.69, 9.17) is 10.00 Å². The van der Waals surface area contributed by atoms with E-state index in [1.165, 1.54) is 24.3 Å². The molecule has 0 spiro atoms. The molecule has 2 rings (SSSR count). The van der Waals surface area contributed by atoms with Gasteiger partial charge in [-0.3, -0.25) is 0 Å². The Balaban J connectivity index is 2.39. The number of nitrogens with zero attached hydrogens (tertiary/aromatic N) is 1. The summed E-state index contributed by atoms with van der Waals surface area (Å²) in [5.41, 5.74) is -0.894. The monoisotopic (exact) mass is 295 g/mol. The number of aryl methyl sites for hydroxylation is 1. The Bertz CT molecular complexity index is 717. The van der Waals surface area contributed by atoms with E-state index in [9.17, 15) is 17.6 Å². The molecular formula is C15H9F4NO. The Morgan fingerprint density at radius 2 is 1.81 bits per heavy atom. The summed E-state index contributed by atoms with van der Waals surface area (Å²) in [6.45, 7) is 1.72. The molecule has 0 saturated heterocycles. The van der Waals surface area contributed by atoms with Gasteiger partial charge in [-0.15, -0.1) is 0 Å². The van der Waals surface area contributed by atoms with E-state index < -0.39 is 23.1 Å². The number of ether oxygens (including phenoxy) is 1. The van der Waals surface area contributed by atoms with Crippen LogP contribution in [0, 0.1) is 24.1 Å². The Hall–Kier alpha value is -2.55. The predicted octanol–water partition coefficient (Wildman–Crippen LogP) is 4.82. The third-order valence-corrected chi connectivity index (χ3v) is 2.73. The molecule has 0 heterocycles. The molecular weight excluding hydrogens is 286 g/mol. The second-order valence-corrected chi connectivity index (χ2v) is 4.35. The second-order valence-electron chi connectivity index (χ2n) is 4.35. The molecule has 0 saturated carbocycles. The molecule has 0 bridgehead atoms. The zero-order valence-electron chi connectivity index (χ0n) is 10.8. The van der Waals surface area contributed by atoms with Crippen molar-refractivity contribution in [1.82, 2.24) is 0 Å². The summed E-state index contributed by atoms with van der Waals surface area (Å²) in [5, 5.41) is 8.79. The fourth-order valence-electron chi connectivity index (χ4n) is 1.74. The molecule has 2 nitrogen and oxygen atoms in total. The van der Waals surface area contributed by atoms with Crippen LogP contribution >= 0.6 is 0 Å². The van der Waals surface area contributed by atoms with Crippen molar-refractivity contribution < 1.29 is 22.3 Å². The van der Waals surface area contributed by atoms with Gasteiger partial charge in [-0.05, 0) is 42.8 Å². The third kappa shape index (κ3) is 3.31. The first-order valence-electron chi connectivity index (χ1n) is 5.86. The fourth-order valence-corrected chi connectivity index (χ4v) is 1.74. The van der Waals surface area contributed by atoms with Gasteiger partial charge >= 0.3 is 6.18 Å². The molecule has 0 aromatic heterocycles. The van der Waals surface area contributed by atoms with Crippen LogP contribution in [-0.2, 0) is 6.18 Å². The van der Waals surface area contributed by atoms with Gasteiger partial charge in [0, 0.05) is 0 Å². The number of nitriles is 1. The van der Waals surface area contributed by atoms with E-state index >= 15 is 0 Å². The first-order chi connectivity index (χ1) is 9.81. The van der Waals surface area contributed by atoms with Crippen molar-refractivity contribution in [3.05, 3.63) is 58.9 Å². The molecule has 0 aliphatic rings. The lowest BCUT2D eigenvalue weighted by molar-refractivity contribution is -0.137. The van der Waals surface area contributed by atoms with Crippen molar-refractivity contribution in [3.63, 3.8) is 0 Å². The van der Waals surface area contributed by atoms with Crippen LogP contribution in [0.3, 0.4) is 0 Å². The van der Waals surface area contributed by atoms with Crippen LogP contribution in [0.2, 0.25) is 0 Å². The standard InChI is InChI=1S/C15H9F4NO/c1-9-2-5-13(16)14(6-9)21-11-3-4-12(15(17,18)19)10(7-11)8-20/h2-7H,1H3. The molecule has 0 atom stereocenters. The average molecular weight is 295 g/mol. The summed E-state index contributed by atoms with van der Waals surface area (Å²) >= 11 is 0. The number of halogens is 4. The minimum atomic E-state index is -4.63. The van der Waals surface area contributed by atoms with Crippen LogP contribution in [0.5, 0.6) is 11.5 Å². The highest BCUT2D eigenvalue weighted by atomic mass is 19.4. The zero-order chi connectivity index (χ0) is 15.6. The van der Waals surface area contributed by atoms with Crippen LogP contribution < -0.4 is 4.74 Å². The largest absolute Gasteiger partial charge is 0.454 e. The molecule has 21 heavy (non-hydrogen) atoms. The molecule has 2 aromatic carbocycles. The van der Waals surface area contributed by atoms with Crippen LogP contribution in [0.4, 0.5) is 17.6 Å². The molecule has 0 unspecified atom stereocenters. The van der Waals surface area contributed by atoms with Crippen molar-refractivity contribution in [1.29, 1.82) is 5.26 Å². The van der Waals surface area contributed by atoms with Gasteiger partial charge in [-0.1, -0.05) is 6.07 Å². The number of hydrogen-bond acceptors (Lipinski definition) is 2.